The van der Waals surface area contributed by atoms with Crippen molar-refractivity contribution < 1.29 is 0 Å². The maximum atomic E-state index is 2.29. The Hall–Kier alpha value is 0. The molecule has 0 radical (unpaired) electrons. The molecule has 0 amide bonds. The van der Waals surface area contributed by atoms with Crippen molar-refractivity contribution in [1.29, 1.82) is 0 Å². The summed E-state index contributed by atoms with van der Waals surface area (Å²) in [6.45, 7) is 15.1. The molecule has 0 fully saturated rings. The maximum absolute atomic E-state index is 2.29. The monoisotopic (exact) mass is 188 g/mol. The highest BCUT2D eigenvalue weighted by atomic mass is 14.0. The molecule has 0 nitrogen and oxygen atoms in total. The highest BCUT2D eigenvalue weighted by molar-refractivity contribution is 4.44. The Kier molecular flexibility index (Phi) is 32.7. The molecule has 0 bridgehead atoms. The molecule has 13 heavy (non-hydrogen) atoms. The van der Waals surface area contributed by atoms with Gasteiger partial charge in [-0.1, -0.05) is 80.6 Å². The van der Waals surface area contributed by atoms with Gasteiger partial charge in [-0.25, -0.2) is 0 Å². The minimum absolute atomic E-state index is 0.904. The van der Waals surface area contributed by atoms with Crippen LogP contribution < -0.4 is 0 Å². The summed E-state index contributed by atoms with van der Waals surface area (Å²) in [5.74, 6) is 0.904. The number of hydrogen-bond donors (Lipinski definition) is 0. The molecule has 0 unspecified atom stereocenters. The Labute approximate surface area is 87.1 Å². The zero-order valence-electron chi connectivity index (χ0n) is 11.1. The van der Waals surface area contributed by atoms with Crippen LogP contribution in [0.5, 0.6) is 0 Å². The second kappa shape index (κ2) is 22.7. The van der Waals surface area contributed by atoms with Crippen molar-refractivity contribution in [1.82, 2.24) is 0 Å². The van der Waals surface area contributed by atoms with Crippen LogP contribution in [0.2, 0.25) is 0 Å². The van der Waals surface area contributed by atoms with Crippen molar-refractivity contribution in [3.8, 4) is 0 Å². The van der Waals surface area contributed by atoms with E-state index in [2.05, 4.69) is 34.6 Å². The van der Waals surface area contributed by atoms with Crippen LogP contribution >= 0.6 is 0 Å². The number of unbranched alkanes of at least 4 members (excludes halogenated alkanes) is 2. The number of rotatable bonds is 4. The molecule has 84 valence electrons. The molecule has 0 atom stereocenters. The molecular formula is C13H32. The second-order valence-electron chi connectivity index (χ2n) is 3.60. The summed E-state index contributed by atoms with van der Waals surface area (Å²) in [5.41, 5.74) is 0. The first kappa shape index (κ1) is 18.7. The molecule has 0 aromatic carbocycles. The largest absolute Gasteiger partial charge is 0.0683 e. The van der Waals surface area contributed by atoms with Crippen LogP contribution in [-0.4, -0.2) is 0 Å². The molecule has 0 spiro atoms. The Morgan fingerprint density at radius 3 is 1.46 bits per heavy atom. The summed E-state index contributed by atoms with van der Waals surface area (Å²) in [6.07, 6.45) is 6.85. The van der Waals surface area contributed by atoms with Crippen molar-refractivity contribution in [2.45, 2.75) is 80.6 Å². The van der Waals surface area contributed by atoms with E-state index in [-0.39, 0.29) is 0 Å². The predicted octanol–water partition coefficient (Wildman–Crippen LogP) is 5.67. The average Bonchev–Trinajstić information content (AvgIpc) is 2.09. The standard InChI is InChI=1S/C8H18.C3H8.C2H6/c1-4-5-6-7-8(2)3;1-3-2;1-2/h8H,4-7H2,1-3H3;3H2,1-2H3;1-2H3. The van der Waals surface area contributed by atoms with Crippen LogP contribution in [0.4, 0.5) is 0 Å². The summed E-state index contributed by atoms with van der Waals surface area (Å²) in [4.78, 5) is 0. The molecule has 0 aromatic rings. The molecule has 0 heteroatoms. The van der Waals surface area contributed by atoms with Crippen molar-refractivity contribution in [2.24, 2.45) is 5.92 Å². The predicted molar refractivity (Wildman–Crippen MR) is 66.3 cm³/mol. The topological polar surface area (TPSA) is 0 Å². The zero-order chi connectivity index (χ0) is 11.1. The van der Waals surface area contributed by atoms with Gasteiger partial charge in [-0.3, -0.25) is 0 Å². The molecule has 0 aliphatic carbocycles. The minimum atomic E-state index is 0.904. The van der Waals surface area contributed by atoms with Gasteiger partial charge in [0.1, 0.15) is 0 Å². The molecule has 0 aliphatic heterocycles. The molecule has 0 aromatic heterocycles. The lowest BCUT2D eigenvalue weighted by atomic mass is 10.1. The Balaban J connectivity index is -0.000000169. The van der Waals surface area contributed by atoms with Crippen molar-refractivity contribution in [3.05, 3.63) is 0 Å². The fraction of sp³-hybridized carbons (Fsp3) is 1.00. The molecule has 0 N–H and O–H groups in total. The third kappa shape index (κ3) is 48.0. The van der Waals surface area contributed by atoms with Crippen LogP contribution in [-0.2, 0) is 0 Å². The summed E-state index contributed by atoms with van der Waals surface area (Å²) in [7, 11) is 0. The van der Waals surface area contributed by atoms with Gasteiger partial charge in [-0.15, -0.1) is 0 Å². The molecule has 0 aliphatic rings. The van der Waals surface area contributed by atoms with Crippen molar-refractivity contribution in [2.75, 3.05) is 0 Å². The molecular weight excluding hydrogens is 156 g/mol. The fourth-order valence-electron chi connectivity index (χ4n) is 0.803. The van der Waals surface area contributed by atoms with E-state index in [0.29, 0.717) is 0 Å². The molecule has 0 rings (SSSR count). The first-order valence-corrected chi connectivity index (χ1v) is 6.18. The summed E-state index contributed by atoms with van der Waals surface area (Å²) in [5, 5.41) is 0. The lowest BCUT2D eigenvalue weighted by Gasteiger charge is -2.00. The fourth-order valence-corrected chi connectivity index (χ4v) is 0.803. The minimum Gasteiger partial charge on any atom is -0.0683 e. The Morgan fingerprint density at radius 2 is 1.23 bits per heavy atom. The van der Waals surface area contributed by atoms with Gasteiger partial charge in [0.25, 0.3) is 0 Å². The third-order valence-corrected chi connectivity index (χ3v) is 1.39. The van der Waals surface area contributed by atoms with E-state index in [4.69, 9.17) is 0 Å². The SMILES string of the molecule is CC.CCC.CCCCCC(C)C. The molecule has 0 heterocycles. The average molecular weight is 188 g/mol. The van der Waals surface area contributed by atoms with Gasteiger partial charge in [0.15, 0.2) is 0 Å². The van der Waals surface area contributed by atoms with E-state index in [1.807, 2.05) is 13.8 Å². The van der Waals surface area contributed by atoms with Crippen LogP contribution in [0.3, 0.4) is 0 Å². The van der Waals surface area contributed by atoms with Crippen LogP contribution in [0.15, 0.2) is 0 Å². The van der Waals surface area contributed by atoms with Gasteiger partial charge >= 0.3 is 0 Å². The van der Waals surface area contributed by atoms with E-state index in [0.717, 1.165) is 5.92 Å². The van der Waals surface area contributed by atoms with Gasteiger partial charge in [0.2, 0.25) is 0 Å². The first-order chi connectivity index (χ1) is 6.18. The Bertz CT molecular complexity index is 46.0. The van der Waals surface area contributed by atoms with Gasteiger partial charge in [-0.05, 0) is 5.92 Å². The van der Waals surface area contributed by atoms with Crippen LogP contribution in [0, 0.1) is 5.92 Å². The summed E-state index contributed by atoms with van der Waals surface area (Å²) >= 11 is 0. The van der Waals surface area contributed by atoms with E-state index in [9.17, 15) is 0 Å². The van der Waals surface area contributed by atoms with Gasteiger partial charge in [0.05, 0.1) is 0 Å². The van der Waals surface area contributed by atoms with Gasteiger partial charge < -0.3 is 0 Å². The zero-order valence-corrected chi connectivity index (χ0v) is 11.1. The van der Waals surface area contributed by atoms with E-state index in [1.165, 1.54) is 32.1 Å². The van der Waals surface area contributed by atoms with Crippen molar-refractivity contribution in [3.63, 3.8) is 0 Å². The maximum Gasteiger partial charge on any atom is -0.0471 e. The third-order valence-electron chi connectivity index (χ3n) is 1.39. The van der Waals surface area contributed by atoms with Crippen LogP contribution in [0.25, 0.3) is 0 Å². The molecule has 0 saturated heterocycles. The van der Waals surface area contributed by atoms with Gasteiger partial charge in [0, 0.05) is 0 Å². The van der Waals surface area contributed by atoms with E-state index >= 15 is 0 Å². The van der Waals surface area contributed by atoms with Crippen LogP contribution in [0.1, 0.15) is 80.6 Å². The normalized spacial score (nSPS) is 8.31. The van der Waals surface area contributed by atoms with E-state index < -0.39 is 0 Å². The summed E-state index contributed by atoms with van der Waals surface area (Å²) < 4.78 is 0. The number of hydrogen-bond acceptors (Lipinski definition) is 0. The Morgan fingerprint density at radius 1 is 0.846 bits per heavy atom. The quantitative estimate of drug-likeness (QED) is 0.499. The lowest BCUT2D eigenvalue weighted by Crippen LogP contribution is -1.85. The second-order valence-corrected chi connectivity index (χ2v) is 3.60. The molecule has 0 saturated carbocycles. The highest BCUT2D eigenvalue weighted by Gasteiger charge is 1.90. The smallest absolute Gasteiger partial charge is 0.0471 e. The lowest BCUT2D eigenvalue weighted by molar-refractivity contribution is 0.534. The van der Waals surface area contributed by atoms with Gasteiger partial charge in [-0.2, -0.15) is 0 Å². The van der Waals surface area contributed by atoms with E-state index in [1.54, 1.807) is 0 Å². The highest BCUT2D eigenvalue weighted by Crippen LogP contribution is 2.06. The summed E-state index contributed by atoms with van der Waals surface area (Å²) in [6, 6.07) is 0. The first-order valence-electron chi connectivity index (χ1n) is 6.18. The van der Waals surface area contributed by atoms with Crippen molar-refractivity contribution >= 4 is 0 Å².